The summed E-state index contributed by atoms with van der Waals surface area (Å²) in [5.74, 6) is 0. The molecule has 3 heterocycles. The van der Waals surface area contributed by atoms with Gasteiger partial charge in [-0.3, -0.25) is 4.90 Å². The quantitative estimate of drug-likeness (QED) is 0.800. The van der Waals surface area contributed by atoms with Crippen LogP contribution in [0.1, 0.15) is 24.1 Å². The van der Waals surface area contributed by atoms with Crippen LogP contribution in [0.2, 0.25) is 0 Å². The van der Waals surface area contributed by atoms with Gasteiger partial charge in [-0.05, 0) is 31.4 Å². The topological polar surface area (TPSA) is 58.3 Å². The highest BCUT2D eigenvalue weighted by atomic mass is 15.3. The molecule has 2 aromatic heterocycles. The number of hydrogen-bond acceptors (Lipinski definition) is 5. The lowest BCUT2D eigenvalue weighted by atomic mass is 10.0. The van der Waals surface area contributed by atoms with Gasteiger partial charge in [-0.2, -0.15) is 9.61 Å². The first-order valence-corrected chi connectivity index (χ1v) is 8.48. The Morgan fingerprint density at radius 2 is 1.96 bits per heavy atom. The van der Waals surface area contributed by atoms with Crippen LogP contribution in [0.15, 0.2) is 42.7 Å². The van der Waals surface area contributed by atoms with Crippen LogP contribution in [0.3, 0.4) is 0 Å². The molecule has 1 aliphatic rings. The van der Waals surface area contributed by atoms with Gasteiger partial charge in [0.1, 0.15) is 6.33 Å². The average Bonchev–Trinajstić information content (AvgIpc) is 3.06. The number of rotatable bonds is 4. The Kier molecular flexibility index (Phi) is 4.13. The number of hydrogen-bond donors (Lipinski definition) is 1. The van der Waals surface area contributed by atoms with Crippen LogP contribution in [0, 0.1) is 6.92 Å². The number of aromatic nitrogens is 4. The van der Waals surface area contributed by atoms with E-state index in [-0.39, 0.29) is 0 Å². The number of likely N-dealkylation sites (tertiary alicyclic amines) is 1. The molecule has 1 fully saturated rings. The SMILES string of the molecule is Cc1cc(NC2CCN(Cc3ccccc3)CC2)c2nncn2n1. The van der Waals surface area contributed by atoms with Gasteiger partial charge in [0.25, 0.3) is 0 Å². The summed E-state index contributed by atoms with van der Waals surface area (Å²) in [5, 5.41) is 16.2. The minimum Gasteiger partial charge on any atom is -0.379 e. The summed E-state index contributed by atoms with van der Waals surface area (Å²) in [5.41, 5.74) is 4.18. The van der Waals surface area contributed by atoms with Crippen molar-refractivity contribution in [2.45, 2.75) is 32.4 Å². The molecule has 0 spiro atoms. The number of benzene rings is 1. The molecule has 0 aliphatic carbocycles. The smallest absolute Gasteiger partial charge is 0.200 e. The van der Waals surface area contributed by atoms with Crippen molar-refractivity contribution in [3.63, 3.8) is 0 Å². The van der Waals surface area contributed by atoms with E-state index in [0.717, 1.165) is 49.5 Å². The summed E-state index contributed by atoms with van der Waals surface area (Å²) in [6, 6.07) is 13.2. The molecule has 0 bridgehead atoms. The van der Waals surface area contributed by atoms with Crippen molar-refractivity contribution in [1.29, 1.82) is 0 Å². The fraction of sp³-hybridized carbons (Fsp3) is 0.389. The largest absolute Gasteiger partial charge is 0.379 e. The van der Waals surface area contributed by atoms with Crippen LogP contribution in [0.25, 0.3) is 5.65 Å². The molecule has 124 valence electrons. The molecule has 1 saturated heterocycles. The first kappa shape index (κ1) is 15.1. The van der Waals surface area contributed by atoms with Crippen molar-refractivity contribution < 1.29 is 0 Å². The number of fused-ring (bicyclic) bond motifs is 1. The van der Waals surface area contributed by atoms with E-state index in [4.69, 9.17) is 0 Å². The van der Waals surface area contributed by atoms with Gasteiger partial charge in [-0.1, -0.05) is 30.3 Å². The average molecular weight is 322 g/mol. The van der Waals surface area contributed by atoms with E-state index in [1.807, 2.05) is 6.92 Å². The van der Waals surface area contributed by atoms with Crippen LogP contribution in [0.4, 0.5) is 5.69 Å². The summed E-state index contributed by atoms with van der Waals surface area (Å²) < 4.78 is 1.74. The van der Waals surface area contributed by atoms with Crippen LogP contribution in [-0.2, 0) is 6.54 Å². The van der Waals surface area contributed by atoms with Crippen LogP contribution < -0.4 is 5.32 Å². The second kappa shape index (κ2) is 6.57. The maximum atomic E-state index is 4.39. The van der Waals surface area contributed by atoms with Gasteiger partial charge < -0.3 is 5.32 Å². The molecule has 4 rings (SSSR count). The number of aryl methyl sites for hydroxylation is 1. The van der Waals surface area contributed by atoms with Crippen molar-refractivity contribution in [1.82, 2.24) is 24.7 Å². The molecule has 6 nitrogen and oxygen atoms in total. The van der Waals surface area contributed by atoms with E-state index in [9.17, 15) is 0 Å². The first-order chi connectivity index (χ1) is 11.8. The molecular weight excluding hydrogens is 300 g/mol. The molecule has 1 N–H and O–H groups in total. The maximum absolute atomic E-state index is 4.39. The fourth-order valence-corrected chi connectivity index (χ4v) is 3.36. The van der Waals surface area contributed by atoms with Crippen LogP contribution in [-0.4, -0.2) is 43.8 Å². The third-order valence-corrected chi connectivity index (χ3v) is 4.59. The summed E-state index contributed by atoms with van der Waals surface area (Å²) >= 11 is 0. The van der Waals surface area contributed by atoms with Crippen molar-refractivity contribution in [3.8, 4) is 0 Å². The lowest BCUT2D eigenvalue weighted by molar-refractivity contribution is 0.211. The highest BCUT2D eigenvalue weighted by Crippen LogP contribution is 2.21. The zero-order valence-corrected chi connectivity index (χ0v) is 13.9. The monoisotopic (exact) mass is 322 g/mol. The van der Waals surface area contributed by atoms with E-state index in [2.05, 4.69) is 61.9 Å². The molecular formula is C18H22N6. The molecule has 1 aliphatic heterocycles. The van der Waals surface area contributed by atoms with Crippen molar-refractivity contribution in [2.24, 2.45) is 0 Å². The molecule has 0 amide bonds. The summed E-state index contributed by atoms with van der Waals surface area (Å²) in [6.07, 6.45) is 3.92. The highest BCUT2D eigenvalue weighted by Gasteiger charge is 2.20. The number of nitrogens with zero attached hydrogens (tertiary/aromatic N) is 5. The lowest BCUT2D eigenvalue weighted by Crippen LogP contribution is -2.38. The van der Waals surface area contributed by atoms with Gasteiger partial charge in [0.2, 0.25) is 5.65 Å². The second-order valence-electron chi connectivity index (χ2n) is 6.48. The van der Waals surface area contributed by atoms with Crippen molar-refractivity contribution in [2.75, 3.05) is 18.4 Å². The van der Waals surface area contributed by atoms with E-state index >= 15 is 0 Å². The van der Waals surface area contributed by atoms with E-state index < -0.39 is 0 Å². The normalized spacial score (nSPS) is 16.5. The number of nitrogens with one attached hydrogen (secondary N) is 1. The summed E-state index contributed by atoms with van der Waals surface area (Å²) in [4.78, 5) is 2.53. The third kappa shape index (κ3) is 3.23. The predicted octanol–water partition coefficient (Wildman–Crippen LogP) is 2.51. The van der Waals surface area contributed by atoms with Gasteiger partial charge in [0.05, 0.1) is 11.4 Å². The van der Waals surface area contributed by atoms with E-state index in [1.54, 1.807) is 10.8 Å². The lowest BCUT2D eigenvalue weighted by Gasteiger charge is -2.32. The Morgan fingerprint density at radius 1 is 1.17 bits per heavy atom. The van der Waals surface area contributed by atoms with E-state index in [1.165, 1.54) is 5.56 Å². The Balaban J connectivity index is 1.38. The molecule has 0 atom stereocenters. The summed E-state index contributed by atoms with van der Waals surface area (Å²) in [7, 11) is 0. The summed E-state index contributed by atoms with van der Waals surface area (Å²) in [6.45, 7) is 5.25. The van der Waals surface area contributed by atoms with Gasteiger partial charge in [-0.15, -0.1) is 10.2 Å². The van der Waals surface area contributed by atoms with E-state index in [0.29, 0.717) is 6.04 Å². The van der Waals surface area contributed by atoms with Gasteiger partial charge in [-0.25, -0.2) is 0 Å². The van der Waals surface area contributed by atoms with Crippen molar-refractivity contribution >= 4 is 11.3 Å². The van der Waals surface area contributed by atoms with Crippen LogP contribution in [0.5, 0.6) is 0 Å². The third-order valence-electron chi connectivity index (χ3n) is 4.59. The Labute approximate surface area is 141 Å². The minimum atomic E-state index is 0.472. The Bertz CT molecular complexity index is 805. The zero-order chi connectivity index (χ0) is 16.4. The number of anilines is 1. The zero-order valence-electron chi connectivity index (χ0n) is 13.9. The van der Waals surface area contributed by atoms with Gasteiger partial charge in [0, 0.05) is 25.7 Å². The molecule has 6 heteroatoms. The molecule has 24 heavy (non-hydrogen) atoms. The standard InChI is InChI=1S/C18H22N6/c1-14-11-17(18-21-19-13-24(18)22-14)20-16-7-9-23(10-8-16)12-15-5-3-2-4-6-15/h2-6,11,13,16,20H,7-10,12H2,1H3. The maximum Gasteiger partial charge on any atom is 0.200 e. The fourth-order valence-electron chi connectivity index (χ4n) is 3.36. The first-order valence-electron chi connectivity index (χ1n) is 8.48. The second-order valence-corrected chi connectivity index (χ2v) is 6.48. The Morgan fingerprint density at radius 3 is 2.75 bits per heavy atom. The van der Waals surface area contributed by atoms with Gasteiger partial charge in [0.15, 0.2) is 0 Å². The molecule has 0 saturated carbocycles. The highest BCUT2D eigenvalue weighted by molar-refractivity contribution is 5.66. The molecule has 0 unspecified atom stereocenters. The van der Waals surface area contributed by atoms with Crippen LogP contribution >= 0.6 is 0 Å². The van der Waals surface area contributed by atoms with Gasteiger partial charge >= 0.3 is 0 Å². The molecule has 1 aromatic carbocycles. The molecule has 0 radical (unpaired) electrons. The minimum absolute atomic E-state index is 0.472. The Hall–Kier alpha value is -2.47. The van der Waals surface area contributed by atoms with Crippen molar-refractivity contribution in [3.05, 3.63) is 54.0 Å². The predicted molar refractivity (Wildman–Crippen MR) is 93.9 cm³/mol. The molecule has 3 aromatic rings. The number of piperidine rings is 1.